The van der Waals surface area contributed by atoms with Gasteiger partial charge in [-0.25, -0.2) is 0 Å². The van der Waals surface area contributed by atoms with Crippen LogP contribution in [-0.2, 0) is 0 Å². The number of nitrogens with zero attached hydrogens (tertiary/aromatic N) is 1. The lowest BCUT2D eigenvalue weighted by Gasteiger charge is -2.58. The Morgan fingerprint density at radius 1 is 1.00 bits per heavy atom. The Bertz CT molecular complexity index is 292. The van der Waals surface area contributed by atoms with Crippen molar-refractivity contribution in [3.63, 3.8) is 0 Å². The van der Waals surface area contributed by atoms with Gasteiger partial charge in [0.05, 0.1) is 6.61 Å². The van der Waals surface area contributed by atoms with E-state index in [2.05, 4.69) is 10.2 Å². The molecule has 18 heavy (non-hydrogen) atoms. The van der Waals surface area contributed by atoms with Crippen molar-refractivity contribution in [2.75, 3.05) is 26.2 Å². The van der Waals surface area contributed by atoms with E-state index in [1.165, 1.54) is 32.2 Å². The SMILES string of the molecule is OCC1CN(C2C3CC4CC(C3)CC2C4)CCN1. The van der Waals surface area contributed by atoms with Crippen LogP contribution in [0.5, 0.6) is 0 Å². The summed E-state index contributed by atoms with van der Waals surface area (Å²) in [6.07, 6.45) is 7.56. The highest BCUT2D eigenvalue weighted by molar-refractivity contribution is 5.03. The van der Waals surface area contributed by atoms with Crippen LogP contribution in [0.4, 0.5) is 0 Å². The smallest absolute Gasteiger partial charge is 0.0597 e. The van der Waals surface area contributed by atoms with Gasteiger partial charge in [0.15, 0.2) is 0 Å². The zero-order valence-corrected chi connectivity index (χ0v) is 11.2. The van der Waals surface area contributed by atoms with Gasteiger partial charge in [0.25, 0.3) is 0 Å². The molecule has 1 saturated heterocycles. The van der Waals surface area contributed by atoms with Gasteiger partial charge in [-0.1, -0.05) is 0 Å². The van der Waals surface area contributed by atoms with Crippen LogP contribution in [0.3, 0.4) is 0 Å². The Kier molecular flexibility index (Phi) is 2.90. The molecule has 5 fully saturated rings. The number of nitrogens with one attached hydrogen (secondary N) is 1. The number of aliphatic hydroxyl groups excluding tert-OH is 1. The number of aliphatic hydroxyl groups is 1. The van der Waals surface area contributed by atoms with Gasteiger partial charge in [0.1, 0.15) is 0 Å². The number of hydrogen-bond donors (Lipinski definition) is 2. The molecule has 1 unspecified atom stereocenters. The minimum Gasteiger partial charge on any atom is -0.395 e. The van der Waals surface area contributed by atoms with Gasteiger partial charge in [-0.15, -0.1) is 0 Å². The Hall–Kier alpha value is -0.120. The summed E-state index contributed by atoms with van der Waals surface area (Å²) in [4.78, 5) is 2.73. The zero-order valence-electron chi connectivity index (χ0n) is 11.2. The summed E-state index contributed by atoms with van der Waals surface area (Å²) in [7, 11) is 0. The van der Waals surface area contributed by atoms with E-state index in [4.69, 9.17) is 0 Å². The maximum absolute atomic E-state index is 9.37. The Morgan fingerprint density at radius 3 is 2.28 bits per heavy atom. The Labute approximate surface area is 110 Å². The highest BCUT2D eigenvalue weighted by Gasteiger charge is 2.50. The van der Waals surface area contributed by atoms with Crippen LogP contribution in [0.25, 0.3) is 0 Å². The molecule has 3 heteroatoms. The Balaban J connectivity index is 1.50. The van der Waals surface area contributed by atoms with E-state index in [1.54, 1.807) is 6.42 Å². The minimum absolute atomic E-state index is 0.295. The predicted molar refractivity (Wildman–Crippen MR) is 71.3 cm³/mol. The Morgan fingerprint density at radius 2 is 1.67 bits per heavy atom. The van der Waals surface area contributed by atoms with Crippen molar-refractivity contribution >= 4 is 0 Å². The molecule has 3 nitrogen and oxygen atoms in total. The van der Waals surface area contributed by atoms with Gasteiger partial charge in [-0.05, 0) is 55.8 Å². The molecule has 0 radical (unpaired) electrons. The third-order valence-corrected chi connectivity index (χ3v) is 6.11. The fraction of sp³-hybridized carbons (Fsp3) is 1.00. The number of piperazine rings is 1. The topological polar surface area (TPSA) is 35.5 Å². The number of rotatable bonds is 2. The second-order valence-corrected chi connectivity index (χ2v) is 7.25. The fourth-order valence-corrected chi connectivity index (χ4v) is 5.74. The maximum Gasteiger partial charge on any atom is 0.0597 e. The molecule has 1 aliphatic heterocycles. The summed E-state index contributed by atoms with van der Waals surface area (Å²) in [6.45, 7) is 3.63. The first kappa shape index (κ1) is 11.7. The molecule has 5 aliphatic rings. The zero-order chi connectivity index (χ0) is 12.1. The average Bonchev–Trinajstić information content (AvgIpc) is 2.38. The van der Waals surface area contributed by atoms with Gasteiger partial charge < -0.3 is 10.4 Å². The molecule has 0 aromatic carbocycles. The normalized spacial score (nSPS) is 51.8. The van der Waals surface area contributed by atoms with Crippen LogP contribution in [0.1, 0.15) is 32.1 Å². The molecule has 4 aliphatic carbocycles. The van der Waals surface area contributed by atoms with Gasteiger partial charge in [0.2, 0.25) is 0 Å². The lowest BCUT2D eigenvalue weighted by atomic mass is 9.54. The van der Waals surface area contributed by atoms with Crippen molar-refractivity contribution in [3.8, 4) is 0 Å². The molecule has 0 aromatic rings. The average molecular weight is 250 g/mol. The lowest BCUT2D eigenvalue weighted by Crippen LogP contribution is -2.62. The third-order valence-electron chi connectivity index (χ3n) is 6.11. The standard InChI is InChI=1S/C15H26N2O/c18-9-14-8-17(2-1-16-14)15-12-4-10-3-11(6-12)7-13(15)5-10/h10-16,18H,1-9H2. The van der Waals surface area contributed by atoms with E-state index in [0.29, 0.717) is 12.6 Å². The molecule has 2 N–H and O–H groups in total. The molecule has 0 amide bonds. The van der Waals surface area contributed by atoms with E-state index in [0.717, 1.165) is 42.8 Å². The largest absolute Gasteiger partial charge is 0.395 e. The third kappa shape index (κ3) is 1.83. The van der Waals surface area contributed by atoms with E-state index < -0.39 is 0 Å². The molecule has 4 bridgehead atoms. The molecule has 1 heterocycles. The van der Waals surface area contributed by atoms with Crippen molar-refractivity contribution in [2.45, 2.75) is 44.2 Å². The summed E-state index contributed by atoms with van der Waals surface area (Å²) in [5.41, 5.74) is 0. The van der Waals surface area contributed by atoms with Gasteiger partial charge >= 0.3 is 0 Å². The minimum atomic E-state index is 0.295. The van der Waals surface area contributed by atoms with Crippen LogP contribution < -0.4 is 5.32 Å². The van der Waals surface area contributed by atoms with Gasteiger partial charge in [-0.3, -0.25) is 4.90 Å². The summed E-state index contributed by atoms with van der Waals surface area (Å²) < 4.78 is 0. The summed E-state index contributed by atoms with van der Waals surface area (Å²) in [5, 5.41) is 12.8. The highest BCUT2D eigenvalue weighted by atomic mass is 16.3. The molecule has 0 aromatic heterocycles. The van der Waals surface area contributed by atoms with Crippen LogP contribution in [0.15, 0.2) is 0 Å². The maximum atomic E-state index is 9.37. The molecule has 1 atom stereocenters. The highest BCUT2D eigenvalue weighted by Crippen LogP contribution is 2.55. The molecule has 0 spiro atoms. The van der Waals surface area contributed by atoms with E-state index >= 15 is 0 Å². The second-order valence-electron chi connectivity index (χ2n) is 7.25. The van der Waals surface area contributed by atoms with Crippen molar-refractivity contribution in [3.05, 3.63) is 0 Å². The lowest BCUT2D eigenvalue weighted by molar-refractivity contribution is -0.0738. The van der Waals surface area contributed by atoms with Crippen molar-refractivity contribution < 1.29 is 5.11 Å². The first-order valence-corrected chi connectivity index (χ1v) is 7.91. The van der Waals surface area contributed by atoms with Crippen molar-refractivity contribution in [1.82, 2.24) is 10.2 Å². The first-order chi connectivity index (χ1) is 8.83. The van der Waals surface area contributed by atoms with Crippen LogP contribution >= 0.6 is 0 Å². The van der Waals surface area contributed by atoms with Crippen LogP contribution in [0.2, 0.25) is 0 Å². The summed E-state index contributed by atoms with van der Waals surface area (Å²) >= 11 is 0. The van der Waals surface area contributed by atoms with Crippen LogP contribution in [0, 0.1) is 23.7 Å². The monoisotopic (exact) mass is 250 g/mol. The molecular formula is C15H26N2O. The van der Waals surface area contributed by atoms with Gasteiger partial charge in [-0.2, -0.15) is 0 Å². The van der Waals surface area contributed by atoms with E-state index in [-0.39, 0.29) is 0 Å². The fourth-order valence-electron chi connectivity index (χ4n) is 5.74. The molecule has 102 valence electrons. The van der Waals surface area contributed by atoms with E-state index in [9.17, 15) is 5.11 Å². The molecular weight excluding hydrogens is 224 g/mol. The predicted octanol–water partition coefficient (Wildman–Crippen LogP) is 1.08. The van der Waals surface area contributed by atoms with E-state index in [1.807, 2.05) is 0 Å². The quantitative estimate of drug-likeness (QED) is 0.770. The molecule has 5 rings (SSSR count). The van der Waals surface area contributed by atoms with Crippen molar-refractivity contribution in [2.24, 2.45) is 23.7 Å². The second kappa shape index (κ2) is 4.46. The van der Waals surface area contributed by atoms with Crippen molar-refractivity contribution in [1.29, 1.82) is 0 Å². The summed E-state index contributed by atoms with van der Waals surface area (Å²) in [6, 6.07) is 1.17. The first-order valence-electron chi connectivity index (χ1n) is 7.91. The number of hydrogen-bond acceptors (Lipinski definition) is 3. The summed E-state index contributed by atoms with van der Waals surface area (Å²) in [5.74, 6) is 4.11. The van der Waals surface area contributed by atoms with Crippen LogP contribution in [-0.4, -0.2) is 48.3 Å². The van der Waals surface area contributed by atoms with Gasteiger partial charge in [0, 0.05) is 31.7 Å². The molecule has 4 saturated carbocycles.